The van der Waals surface area contributed by atoms with E-state index in [0.717, 1.165) is 37.2 Å². The molecule has 3 aromatic rings. The fraction of sp³-hybridized carbons (Fsp3) is 0.278. The van der Waals surface area contributed by atoms with E-state index >= 15 is 0 Å². The monoisotopic (exact) mass is 337 g/mol. The number of nitro groups is 1. The van der Waals surface area contributed by atoms with E-state index in [2.05, 4.69) is 38.9 Å². The Bertz CT molecular complexity index is 928. The molecule has 2 aromatic carbocycles. The van der Waals surface area contributed by atoms with Crippen LogP contribution in [0.2, 0.25) is 0 Å². The Balaban J connectivity index is 1.66. The van der Waals surface area contributed by atoms with Crippen LogP contribution in [0.5, 0.6) is 0 Å². The van der Waals surface area contributed by atoms with E-state index in [1.165, 1.54) is 11.8 Å². The highest BCUT2D eigenvalue weighted by atomic mass is 16.6. The Labute approximate surface area is 145 Å². The second-order valence-electron chi connectivity index (χ2n) is 6.38. The number of fused-ring (bicyclic) bond motifs is 1. The molecule has 0 radical (unpaired) electrons. The molecule has 1 N–H and O–H groups in total. The maximum atomic E-state index is 11.0. The minimum absolute atomic E-state index is 0.0658. The molecule has 4 rings (SSSR count). The number of nitrogens with one attached hydrogen (secondary N) is 1. The molecule has 0 aliphatic carbocycles. The Morgan fingerprint density at radius 3 is 2.68 bits per heavy atom. The lowest BCUT2D eigenvalue weighted by Gasteiger charge is -2.34. The normalized spacial score (nSPS) is 15.6. The van der Waals surface area contributed by atoms with Crippen LogP contribution in [0.1, 0.15) is 0 Å². The zero-order valence-electron chi connectivity index (χ0n) is 14.0. The smallest absolute Gasteiger partial charge is 0.270 e. The molecule has 25 heavy (non-hydrogen) atoms. The molecule has 7 nitrogen and oxygen atoms in total. The van der Waals surface area contributed by atoms with Gasteiger partial charge in [0.1, 0.15) is 5.82 Å². The Morgan fingerprint density at radius 1 is 1.12 bits per heavy atom. The van der Waals surface area contributed by atoms with Gasteiger partial charge < -0.3 is 14.8 Å². The van der Waals surface area contributed by atoms with Gasteiger partial charge in [0.15, 0.2) is 0 Å². The summed E-state index contributed by atoms with van der Waals surface area (Å²) in [5, 5.41) is 11.0. The van der Waals surface area contributed by atoms with Gasteiger partial charge in [0.25, 0.3) is 5.69 Å². The number of aromatic nitrogens is 2. The minimum atomic E-state index is -0.391. The fourth-order valence-electron chi connectivity index (χ4n) is 3.16. The lowest BCUT2D eigenvalue weighted by atomic mass is 10.2. The van der Waals surface area contributed by atoms with E-state index in [-0.39, 0.29) is 5.69 Å². The summed E-state index contributed by atoms with van der Waals surface area (Å²) in [5.74, 6) is 0.647. The van der Waals surface area contributed by atoms with Crippen molar-refractivity contribution in [3.63, 3.8) is 0 Å². The molecule has 0 spiro atoms. The van der Waals surface area contributed by atoms with Crippen molar-refractivity contribution in [2.24, 2.45) is 0 Å². The topological polar surface area (TPSA) is 78.3 Å². The molecule has 7 heteroatoms. The zero-order chi connectivity index (χ0) is 17.4. The predicted molar refractivity (Wildman–Crippen MR) is 97.9 cm³/mol. The highest BCUT2D eigenvalue weighted by Gasteiger charge is 2.16. The predicted octanol–water partition coefficient (Wildman–Crippen LogP) is 2.89. The molecule has 1 aliphatic heterocycles. The number of imidazole rings is 1. The molecule has 1 aliphatic rings. The SMILES string of the molecule is CN1CCN(c2ccc3nc(-c4cccc([N+](=O)[O-])c4)[nH]c3c2)CC1. The first kappa shape index (κ1) is 15.6. The third-order valence-corrected chi connectivity index (χ3v) is 4.66. The molecule has 2 heterocycles. The van der Waals surface area contributed by atoms with E-state index in [9.17, 15) is 10.1 Å². The highest BCUT2D eigenvalue weighted by molar-refractivity contribution is 5.83. The Morgan fingerprint density at radius 2 is 1.92 bits per heavy atom. The second-order valence-corrected chi connectivity index (χ2v) is 6.38. The number of H-pyrrole nitrogens is 1. The van der Waals surface area contributed by atoms with E-state index in [4.69, 9.17) is 0 Å². The summed E-state index contributed by atoms with van der Waals surface area (Å²) in [6.45, 7) is 4.13. The first-order valence-corrected chi connectivity index (χ1v) is 8.28. The Hall–Kier alpha value is -2.93. The van der Waals surface area contributed by atoms with Crippen molar-refractivity contribution in [2.45, 2.75) is 0 Å². The number of piperazine rings is 1. The number of aromatic amines is 1. The lowest BCUT2D eigenvalue weighted by Crippen LogP contribution is -2.44. The van der Waals surface area contributed by atoms with Crippen molar-refractivity contribution in [2.75, 3.05) is 38.1 Å². The quantitative estimate of drug-likeness (QED) is 0.587. The van der Waals surface area contributed by atoms with Crippen molar-refractivity contribution in [1.29, 1.82) is 0 Å². The van der Waals surface area contributed by atoms with Crippen LogP contribution in [0.25, 0.3) is 22.4 Å². The third kappa shape index (κ3) is 3.06. The molecular formula is C18H19N5O2. The highest BCUT2D eigenvalue weighted by Crippen LogP contribution is 2.27. The summed E-state index contributed by atoms with van der Waals surface area (Å²) in [5.41, 5.74) is 3.76. The van der Waals surface area contributed by atoms with Crippen LogP contribution in [-0.2, 0) is 0 Å². The van der Waals surface area contributed by atoms with Gasteiger partial charge in [-0.15, -0.1) is 0 Å². The van der Waals surface area contributed by atoms with Crippen LogP contribution >= 0.6 is 0 Å². The van der Waals surface area contributed by atoms with Gasteiger partial charge in [-0.25, -0.2) is 4.98 Å². The van der Waals surface area contributed by atoms with Crippen LogP contribution < -0.4 is 4.90 Å². The van der Waals surface area contributed by atoms with Crippen LogP contribution in [0.15, 0.2) is 42.5 Å². The van der Waals surface area contributed by atoms with Gasteiger partial charge in [-0.2, -0.15) is 0 Å². The lowest BCUT2D eigenvalue weighted by molar-refractivity contribution is -0.384. The molecule has 128 valence electrons. The molecule has 0 amide bonds. The maximum absolute atomic E-state index is 11.0. The number of anilines is 1. The first-order chi connectivity index (χ1) is 12.1. The molecule has 0 unspecified atom stereocenters. The van der Waals surface area contributed by atoms with Crippen molar-refractivity contribution in [3.05, 3.63) is 52.6 Å². The molecule has 1 fully saturated rings. The van der Waals surface area contributed by atoms with Gasteiger partial charge in [-0.05, 0) is 25.2 Å². The standard InChI is InChI=1S/C18H19N5O2/c1-21-7-9-22(10-8-21)14-5-6-16-17(12-14)20-18(19-16)13-3-2-4-15(11-13)23(24)25/h2-6,11-12H,7-10H2,1H3,(H,19,20). The second kappa shape index (κ2) is 6.18. The van der Waals surface area contributed by atoms with Crippen LogP contribution in [0.3, 0.4) is 0 Å². The van der Waals surface area contributed by atoms with Gasteiger partial charge in [0, 0.05) is 49.6 Å². The van der Waals surface area contributed by atoms with Crippen molar-refractivity contribution in [1.82, 2.24) is 14.9 Å². The van der Waals surface area contributed by atoms with Gasteiger partial charge in [-0.1, -0.05) is 12.1 Å². The fourth-order valence-corrected chi connectivity index (χ4v) is 3.16. The molecule has 0 saturated carbocycles. The van der Waals surface area contributed by atoms with Gasteiger partial charge >= 0.3 is 0 Å². The molecule has 1 aromatic heterocycles. The molecule has 0 bridgehead atoms. The summed E-state index contributed by atoms with van der Waals surface area (Å²) < 4.78 is 0. The number of non-ortho nitro benzene ring substituents is 1. The molecular weight excluding hydrogens is 318 g/mol. The van der Waals surface area contributed by atoms with Crippen LogP contribution in [0, 0.1) is 10.1 Å². The summed E-state index contributed by atoms with van der Waals surface area (Å²) in [6.07, 6.45) is 0. The van der Waals surface area contributed by atoms with E-state index in [0.29, 0.717) is 11.4 Å². The summed E-state index contributed by atoms with van der Waals surface area (Å²) in [7, 11) is 2.14. The molecule has 0 atom stereocenters. The first-order valence-electron chi connectivity index (χ1n) is 8.28. The zero-order valence-corrected chi connectivity index (χ0v) is 14.0. The Kier molecular flexibility index (Phi) is 3.85. The number of likely N-dealkylation sites (N-methyl/N-ethyl adjacent to an activating group) is 1. The number of hydrogen-bond donors (Lipinski definition) is 1. The van der Waals surface area contributed by atoms with Gasteiger partial charge in [-0.3, -0.25) is 10.1 Å². The number of hydrogen-bond acceptors (Lipinski definition) is 5. The van der Waals surface area contributed by atoms with Crippen molar-refractivity contribution >= 4 is 22.4 Å². The van der Waals surface area contributed by atoms with Crippen LogP contribution in [-0.4, -0.2) is 53.0 Å². The number of benzene rings is 2. The van der Waals surface area contributed by atoms with E-state index in [1.54, 1.807) is 12.1 Å². The van der Waals surface area contributed by atoms with E-state index in [1.807, 2.05) is 12.1 Å². The summed E-state index contributed by atoms with van der Waals surface area (Å²) >= 11 is 0. The van der Waals surface area contributed by atoms with Crippen molar-refractivity contribution in [3.8, 4) is 11.4 Å². The number of nitrogens with zero attached hydrogens (tertiary/aromatic N) is 4. The van der Waals surface area contributed by atoms with Gasteiger partial charge in [0.2, 0.25) is 0 Å². The number of nitro benzene ring substituents is 1. The summed E-state index contributed by atoms with van der Waals surface area (Å²) in [6, 6.07) is 12.7. The maximum Gasteiger partial charge on any atom is 0.270 e. The van der Waals surface area contributed by atoms with E-state index < -0.39 is 4.92 Å². The van der Waals surface area contributed by atoms with Gasteiger partial charge in [0.05, 0.1) is 16.0 Å². The van der Waals surface area contributed by atoms with Crippen molar-refractivity contribution < 1.29 is 4.92 Å². The molecule has 1 saturated heterocycles. The summed E-state index contributed by atoms with van der Waals surface area (Å²) in [4.78, 5) is 23.1. The van der Waals surface area contributed by atoms with Crippen LogP contribution in [0.4, 0.5) is 11.4 Å². The average molecular weight is 337 g/mol. The number of rotatable bonds is 3. The minimum Gasteiger partial charge on any atom is -0.369 e. The third-order valence-electron chi connectivity index (χ3n) is 4.66. The average Bonchev–Trinajstić information content (AvgIpc) is 3.06. The largest absolute Gasteiger partial charge is 0.369 e.